The van der Waals surface area contributed by atoms with E-state index in [-0.39, 0.29) is 5.82 Å². The van der Waals surface area contributed by atoms with Crippen LogP contribution in [0.25, 0.3) is 11.3 Å². The number of halogens is 1. The van der Waals surface area contributed by atoms with E-state index in [1.165, 1.54) is 15.4 Å². The highest BCUT2D eigenvalue weighted by Crippen LogP contribution is 2.17. The third-order valence-corrected chi connectivity index (χ3v) is 3.02. The Morgan fingerprint density at radius 1 is 1.09 bits per heavy atom. The summed E-state index contributed by atoms with van der Waals surface area (Å²) >= 11 is 0. The number of fused-ring (bicyclic) bond motifs is 1. The predicted octanol–water partition coefficient (Wildman–Crippen LogP) is 1.59. The summed E-state index contributed by atoms with van der Waals surface area (Å²) in [7, 11) is 0. The first kappa shape index (κ1) is 12.4. The number of benzene rings is 1. The van der Waals surface area contributed by atoms with Gasteiger partial charge in [-0.15, -0.1) is 14.8 Å². The fraction of sp³-hybridized carbons (Fsp3) is 0. The molecule has 108 valence electrons. The molecule has 0 saturated carbocycles. The molecule has 0 saturated heterocycles. The summed E-state index contributed by atoms with van der Waals surface area (Å²) in [6.07, 6.45) is 3.25. The van der Waals surface area contributed by atoms with Crippen LogP contribution in [-0.4, -0.2) is 35.0 Å². The van der Waals surface area contributed by atoms with Crippen LogP contribution in [0.1, 0.15) is 0 Å². The van der Waals surface area contributed by atoms with Gasteiger partial charge in [-0.1, -0.05) is 12.1 Å². The predicted molar refractivity (Wildman–Crippen MR) is 75.4 cm³/mol. The second kappa shape index (κ2) is 4.88. The van der Waals surface area contributed by atoms with Crippen LogP contribution in [0.15, 0.2) is 48.8 Å². The Balaban J connectivity index is 1.63. The van der Waals surface area contributed by atoms with E-state index in [0.29, 0.717) is 22.8 Å². The van der Waals surface area contributed by atoms with Crippen molar-refractivity contribution in [3.8, 4) is 5.69 Å². The van der Waals surface area contributed by atoms with Gasteiger partial charge in [0.1, 0.15) is 11.5 Å². The third-order valence-electron chi connectivity index (χ3n) is 3.02. The quantitative estimate of drug-likeness (QED) is 0.618. The Morgan fingerprint density at radius 3 is 2.91 bits per heavy atom. The van der Waals surface area contributed by atoms with Crippen LogP contribution >= 0.6 is 0 Å². The summed E-state index contributed by atoms with van der Waals surface area (Å²) in [5.74, 6) is 0.207. The molecule has 0 atom stereocenters. The maximum Gasteiger partial charge on any atom is 0.200 e. The van der Waals surface area contributed by atoms with Crippen molar-refractivity contribution in [2.45, 2.75) is 0 Å². The normalized spacial score (nSPS) is 11.0. The molecule has 3 aromatic heterocycles. The molecule has 1 N–H and O–H groups in total. The standard InChI is InChI=1S/C13H9FN8/c14-10-3-1-2-4-11(10)21-8-9(7-15-21)16-12-5-6-13-17-19-20-22(13)18-12/h1-8H,(H,16,18). The number of aromatic nitrogens is 7. The molecule has 0 aliphatic heterocycles. The van der Waals surface area contributed by atoms with Crippen molar-refractivity contribution >= 4 is 17.2 Å². The molecule has 0 amide bonds. The fourth-order valence-electron chi connectivity index (χ4n) is 2.02. The van der Waals surface area contributed by atoms with Crippen molar-refractivity contribution in [2.24, 2.45) is 0 Å². The van der Waals surface area contributed by atoms with Crippen LogP contribution in [0.5, 0.6) is 0 Å². The molecule has 0 unspecified atom stereocenters. The van der Waals surface area contributed by atoms with E-state index in [1.54, 1.807) is 42.7 Å². The lowest BCUT2D eigenvalue weighted by Gasteiger charge is -2.03. The number of para-hydroxylation sites is 1. The van der Waals surface area contributed by atoms with Crippen molar-refractivity contribution in [1.29, 1.82) is 0 Å². The van der Waals surface area contributed by atoms with Crippen molar-refractivity contribution in [3.05, 3.63) is 54.6 Å². The Bertz CT molecular complexity index is 944. The zero-order valence-electron chi connectivity index (χ0n) is 11.1. The van der Waals surface area contributed by atoms with Crippen LogP contribution in [0.2, 0.25) is 0 Å². The Kier molecular flexibility index (Phi) is 2.75. The van der Waals surface area contributed by atoms with Crippen molar-refractivity contribution in [3.63, 3.8) is 0 Å². The van der Waals surface area contributed by atoms with Gasteiger partial charge in [0.05, 0.1) is 18.1 Å². The van der Waals surface area contributed by atoms with Gasteiger partial charge in [-0.2, -0.15) is 5.10 Å². The molecule has 0 fully saturated rings. The second-order valence-corrected chi connectivity index (χ2v) is 4.50. The van der Waals surface area contributed by atoms with Crippen LogP contribution in [-0.2, 0) is 0 Å². The van der Waals surface area contributed by atoms with Gasteiger partial charge in [0, 0.05) is 0 Å². The highest BCUT2D eigenvalue weighted by Gasteiger charge is 2.07. The number of nitrogens with zero attached hydrogens (tertiary/aromatic N) is 7. The topological polar surface area (TPSA) is 85.8 Å². The monoisotopic (exact) mass is 296 g/mol. The molecule has 9 heteroatoms. The van der Waals surface area contributed by atoms with Crippen LogP contribution in [0.4, 0.5) is 15.9 Å². The summed E-state index contributed by atoms with van der Waals surface area (Å²) in [5.41, 5.74) is 1.59. The number of hydrogen-bond donors (Lipinski definition) is 1. The third kappa shape index (κ3) is 2.14. The highest BCUT2D eigenvalue weighted by molar-refractivity contribution is 5.55. The van der Waals surface area contributed by atoms with Crippen molar-refractivity contribution in [2.75, 3.05) is 5.32 Å². The van der Waals surface area contributed by atoms with Crippen molar-refractivity contribution < 1.29 is 4.39 Å². The average molecular weight is 296 g/mol. The minimum atomic E-state index is -0.342. The summed E-state index contributed by atoms with van der Waals surface area (Å²) in [6.45, 7) is 0. The van der Waals surface area contributed by atoms with Gasteiger partial charge >= 0.3 is 0 Å². The van der Waals surface area contributed by atoms with Gasteiger partial charge in [-0.3, -0.25) is 0 Å². The lowest BCUT2D eigenvalue weighted by molar-refractivity contribution is 0.611. The molecular weight excluding hydrogens is 287 g/mol. The average Bonchev–Trinajstić information content (AvgIpc) is 3.16. The van der Waals surface area contributed by atoms with E-state index < -0.39 is 0 Å². The first-order valence-corrected chi connectivity index (χ1v) is 6.42. The minimum absolute atomic E-state index is 0.342. The minimum Gasteiger partial charge on any atom is -0.336 e. The first-order valence-electron chi connectivity index (χ1n) is 6.42. The summed E-state index contributed by atoms with van der Waals surface area (Å²) in [4.78, 5) is 0. The van der Waals surface area contributed by atoms with E-state index in [9.17, 15) is 4.39 Å². The number of rotatable bonds is 3. The van der Waals surface area contributed by atoms with Crippen LogP contribution in [0.3, 0.4) is 0 Å². The Labute approximate surface area is 123 Å². The molecule has 4 rings (SSSR count). The molecule has 3 heterocycles. The molecule has 0 bridgehead atoms. The zero-order chi connectivity index (χ0) is 14.9. The molecule has 0 radical (unpaired) electrons. The molecule has 4 aromatic rings. The summed E-state index contributed by atoms with van der Waals surface area (Å²) in [6, 6.07) is 9.89. The van der Waals surface area contributed by atoms with E-state index in [4.69, 9.17) is 0 Å². The van der Waals surface area contributed by atoms with E-state index in [0.717, 1.165) is 0 Å². The van der Waals surface area contributed by atoms with Gasteiger partial charge in [-0.05, 0) is 34.7 Å². The lowest BCUT2D eigenvalue weighted by Crippen LogP contribution is -2.00. The van der Waals surface area contributed by atoms with Gasteiger partial charge in [0.2, 0.25) is 0 Å². The van der Waals surface area contributed by atoms with E-state index >= 15 is 0 Å². The van der Waals surface area contributed by atoms with Crippen molar-refractivity contribution in [1.82, 2.24) is 35.0 Å². The molecule has 0 aliphatic carbocycles. The molecular formula is C13H9FN8. The smallest absolute Gasteiger partial charge is 0.200 e. The lowest BCUT2D eigenvalue weighted by atomic mass is 10.3. The number of nitrogens with one attached hydrogen (secondary N) is 1. The number of tetrazole rings is 1. The van der Waals surface area contributed by atoms with Crippen LogP contribution in [0, 0.1) is 5.82 Å². The molecule has 1 aromatic carbocycles. The SMILES string of the molecule is Fc1ccccc1-n1cc(Nc2ccc3nnnn3n2)cn1. The van der Waals surface area contributed by atoms with Gasteiger partial charge in [0.15, 0.2) is 11.5 Å². The zero-order valence-corrected chi connectivity index (χ0v) is 11.1. The largest absolute Gasteiger partial charge is 0.336 e. The number of hydrogen-bond acceptors (Lipinski definition) is 6. The summed E-state index contributed by atoms with van der Waals surface area (Å²) < 4.78 is 16.5. The number of anilines is 2. The van der Waals surface area contributed by atoms with Crippen LogP contribution < -0.4 is 5.32 Å². The van der Waals surface area contributed by atoms with Gasteiger partial charge in [0.25, 0.3) is 0 Å². The second-order valence-electron chi connectivity index (χ2n) is 4.50. The highest BCUT2D eigenvalue weighted by atomic mass is 19.1. The maximum absolute atomic E-state index is 13.7. The van der Waals surface area contributed by atoms with E-state index in [2.05, 4.69) is 31.0 Å². The molecule has 0 spiro atoms. The van der Waals surface area contributed by atoms with Gasteiger partial charge in [-0.25, -0.2) is 9.07 Å². The Morgan fingerprint density at radius 2 is 2.00 bits per heavy atom. The molecule has 0 aliphatic rings. The Hall–Kier alpha value is -3.36. The first-order chi connectivity index (χ1) is 10.8. The molecule has 22 heavy (non-hydrogen) atoms. The molecule has 8 nitrogen and oxygen atoms in total. The van der Waals surface area contributed by atoms with E-state index in [1.807, 2.05) is 0 Å². The fourth-order valence-corrected chi connectivity index (χ4v) is 2.02. The van der Waals surface area contributed by atoms with Gasteiger partial charge < -0.3 is 5.32 Å². The maximum atomic E-state index is 13.7. The summed E-state index contributed by atoms with van der Waals surface area (Å²) in [5, 5.41) is 22.4.